The van der Waals surface area contributed by atoms with Crippen molar-refractivity contribution in [1.29, 1.82) is 0 Å². The summed E-state index contributed by atoms with van der Waals surface area (Å²) >= 11 is 0. The summed E-state index contributed by atoms with van der Waals surface area (Å²) in [6.45, 7) is 2.73. The molecule has 0 saturated heterocycles. The summed E-state index contributed by atoms with van der Waals surface area (Å²) in [5.41, 5.74) is 3.80. The van der Waals surface area contributed by atoms with Crippen LogP contribution in [-0.4, -0.2) is 25.5 Å². The molecule has 6 nitrogen and oxygen atoms in total. The highest BCUT2D eigenvalue weighted by atomic mass is 16.7. The van der Waals surface area contributed by atoms with E-state index in [0.29, 0.717) is 23.7 Å². The van der Waals surface area contributed by atoms with Gasteiger partial charge in [0.2, 0.25) is 6.79 Å². The summed E-state index contributed by atoms with van der Waals surface area (Å²) in [4.78, 5) is 12.0. The summed E-state index contributed by atoms with van der Waals surface area (Å²) in [5.74, 6) is 1.69. The molecular formula is C17H16N2O4. The number of benzene rings is 2. The van der Waals surface area contributed by atoms with Crippen molar-refractivity contribution < 1.29 is 19.0 Å². The highest BCUT2D eigenvalue weighted by molar-refractivity contribution is 5.95. The van der Waals surface area contributed by atoms with Crippen LogP contribution in [0.3, 0.4) is 0 Å². The van der Waals surface area contributed by atoms with E-state index in [-0.39, 0.29) is 12.7 Å². The van der Waals surface area contributed by atoms with Gasteiger partial charge in [0.1, 0.15) is 5.75 Å². The molecular weight excluding hydrogens is 296 g/mol. The lowest BCUT2D eigenvalue weighted by molar-refractivity contribution is 0.0954. The molecule has 0 aliphatic carbocycles. The molecule has 3 rings (SSSR count). The van der Waals surface area contributed by atoms with Gasteiger partial charge in [-0.3, -0.25) is 4.79 Å². The van der Waals surface area contributed by atoms with Crippen LogP contribution >= 0.6 is 0 Å². The van der Waals surface area contributed by atoms with Crippen molar-refractivity contribution in [3.05, 3.63) is 53.6 Å². The van der Waals surface area contributed by atoms with E-state index in [1.54, 1.807) is 24.4 Å². The Labute approximate surface area is 133 Å². The van der Waals surface area contributed by atoms with Gasteiger partial charge < -0.3 is 14.2 Å². The Kier molecular flexibility index (Phi) is 4.42. The lowest BCUT2D eigenvalue weighted by Crippen LogP contribution is -2.17. The van der Waals surface area contributed by atoms with Gasteiger partial charge in [-0.2, -0.15) is 5.10 Å². The van der Waals surface area contributed by atoms with E-state index in [1.165, 1.54) is 0 Å². The normalized spacial score (nSPS) is 12.4. The second-order valence-corrected chi connectivity index (χ2v) is 4.77. The molecule has 1 N–H and O–H groups in total. The van der Waals surface area contributed by atoms with E-state index in [9.17, 15) is 4.79 Å². The van der Waals surface area contributed by atoms with Gasteiger partial charge in [-0.25, -0.2) is 5.43 Å². The third-order valence-corrected chi connectivity index (χ3v) is 3.21. The molecule has 0 unspecified atom stereocenters. The average Bonchev–Trinajstić information content (AvgIpc) is 3.04. The number of nitrogens with one attached hydrogen (secondary N) is 1. The topological polar surface area (TPSA) is 69.2 Å². The first-order valence-electron chi connectivity index (χ1n) is 7.22. The number of hydrogen-bond donors (Lipinski definition) is 1. The lowest BCUT2D eigenvalue weighted by atomic mass is 10.2. The summed E-state index contributed by atoms with van der Waals surface area (Å²) in [5, 5.41) is 3.95. The van der Waals surface area contributed by atoms with Gasteiger partial charge in [-0.1, -0.05) is 0 Å². The van der Waals surface area contributed by atoms with E-state index >= 15 is 0 Å². The van der Waals surface area contributed by atoms with Gasteiger partial charge in [-0.05, 0) is 55.0 Å². The number of amides is 1. The molecule has 0 saturated carbocycles. The molecule has 0 fully saturated rings. The Hall–Kier alpha value is -3.02. The number of hydrogen-bond acceptors (Lipinski definition) is 5. The SMILES string of the molecule is CCOc1ccc(/C=N/NC(=O)c2ccc3c(c2)OCO3)cc1. The van der Waals surface area contributed by atoms with Gasteiger partial charge in [0.15, 0.2) is 11.5 Å². The second-order valence-electron chi connectivity index (χ2n) is 4.77. The molecule has 1 aliphatic heterocycles. The fourth-order valence-electron chi connectivity index (χ4n) is 2.08. The maximum absolute atomic E-state index is 12.0. The summed E-state index contributed by atoms with van der Waals surface area (Å²) in [6, 6.07) is 12.4. The van der Waals surface area contributed by atoms with Crippen LogP contribution in [-0.2, 0) is 0 Å². The number of nitrogens with zero attached hydrogens (tertiary/aromatic N) is 1. The first-order chi connectivity index (χ1) is 11.3. The number of fused-ring (bicyclic) bond motifs is 1. The lowest BCUT2D eigenvalue weighted by Gasteiger charge is -2.03. The number of rotatable bonds is 5. The van der Waals surface area contributed by atoms with Crippen molar-refractivity contribution in [3.8, 4) is 17.2 Å². The second kappa shape index (κ2) is 6.83. The van der Waals surface area contributed by atoms with Crippen LogP contribution in [0.15, 0.2) is 47.6 Å². The molecule has 0 atom stereocenters. The molecule has 1 aliphatic rings. The number of carbonyl (C=O) groups excluding carboxylic acids is 1. The minimum atomic E-state index is -0.314. The monoisotopic (exact) mass is 312 g/mol. The molecule has 1 amide bonds. The summed E-state index contributed by atoms with van der Waals surface area (Å²) in [6.07, 6.45) is 1.57. The Bertz CT molecular complexity index is 726. The number of carbonyl (C=O) groups is 1. The van der Waals surface area contributed by atoms with Crippen molar-refractivity contribution in [2.75, 3.05) is 13.4 Å². The first kappa shape index (κ1) is 14.9. The zero-order valence-electron chi connectivity index (χ0n) is 12.6. The molecule has 6 heteroatoms. The molecule has 23 heavy (non-hydrogen) atoms. The van der Waals surface area contributed by atoms with Crippen molar-refractivity contribution in [2.45, 2.75) is 6.92 Å². The van der Waals surface area contributed by atoms with E-state index in [2.05, 4.69) is 10.5 Å². The van der Waals surface area contributed by atoms with Crippen LogP contribution < -0.4 is 19.6 Å². The predicted octanol–water partition coefficient (Wildman–Crippen LogP) is 2.58. The predicted molar refractivity (Wildman–Crippen MR) is 85.2 cm³/mol. The minimum Gasteiger partial charge on any atom is -0.494 e. The molecule has 118 valence electrons. The zero-order chi connectivity index (χ0) is 16.1. The summed E-state index contributed by atoms with van der Waals surface area (Å²) in [7, 11) is 0. The smallest absolute Gasteiger partial charge is 0.271 e. The summed E-state index contributed by atoms with van der Waals surface area (Å²) < 4.78 is 15.8. The molecule has 2 aromatic carbocycles. The van der Waals surface area contributed by atoms with Crippen LogP contribution in [0.25, 0.3) is 0 Å². The highest BCUT2D eigenvalue weighted by Crippen LogP contribution is 2.32. The van der Waals surface area contributed by atoms with E-state index in [0.717, 1.165) is 11.3 Å². The molecule has 0 radical (unpaired) electrons. The minimum absolute atomic E-state index is 0.177. The molecule has 0 bridgehead atoms. The maximum Gasteiger partial charge on any atom is 0.271 e. The van der Waals surface area contributed by atoms with E-state index in [1.807, 2.05) is 31.2 Å². The van der Waals surface area contributed by atoms with Crippen molar-refractivity contribution in [3.63, 3.8) is 0 Å². The van der Waals surface area contributed by atoms with Gasteiger partial charge in [0.05, 0.1) is 12.8 Å². The van der Waals surface area contributed by atoms with Crippen LogP contribution in [0.4, 0.5) is 0 Å². The van der Waals surface area contributed by atoms with E-state index in [4.69, 9.17) is 14.2 Å². The highest BCUT2D eigenvalue weighted by Gasteiger charge is 2.15. The maximum atomic E-state index is 12.0. The van der Waals surface area contributed by atoms with Gasteiger partial charge >= 0.3 is 0 Å². The van der Waals surface area contributed by atoms with Gasteiger partial charge in [0, 0.05) is 5.56 Å². The molecule has 2 aromatic rings. The Morgan fingerprint density at radius 1 is 1.22 bits per heavy atom. The van der Waals surface area contributed by atoms with Crippen LogP contribution in [0.2, 0.25) is 0 Å². The van der Waals surface area contributed by atoms with Crippen LogP contribution in [0.1, 0.15) is 22.8 Å². The third kappa shape index (κ3) is 3.60. The Morgan fingerprint density at radius 3 is 2.78 bits per heavy atom. The van der Waals surface area contributed by atoms with Crippen LogP contribution in [0, 0.1) is 0 Å². The van der Waals surface area contributed by atoms with Crippen molar-refractivity contribution >= 4 is 12.1 Å². The third-order valence-electron chi connectivity index (χ3n) is 3.21. The first-order valence-corrected chi connectivity index (χ1v) is 7.22. The standard InChI is InChI=1S/C17H16N2O4/c1-2-21-14-6-3-12(4-7-14)10-18-19-17(20)13-5-8-15-16(9-13)23-11-22-15/h3-10H,2,11H2,1H3,(H,19,20)/b18-10+. The fraction of sp³-hybridized carbons (Fsp3) is 0.176. The Balaban J connectivity index is 1.60. The van der Waals surface area contributed by atoms with Crippen LogP contribution in [0.5, 0.6) is 17.2 Å². The Morgan fingerprint density at radius 2 is 2.00 bits per heavy atom. The molecule has 0 aromatic heterocycles. The van der Waals surface area contributed by atoms with Crippen molar-refractivity contribution in [2.24, 2.45) is 5.10 Å². The van der Waals surface area contributed by atoms with Crippen molar-refractivity contribution in [1.82, 2.24) is 5.43 Å². The molecule has 1 heterocycles. The van der Waals surface area contributed by atoms with Gasteiger partial charge in [-0.15, -0.1) is 0 Å². The quantitative estimate of drug-likeness (QED) is 0.680. The fourth-order valence-corrected chi connectivity index (χ4v) is 2.08. The molecule has 0 spiro atoms. The zero-order valence-corrected chi connectivity index (χ0v) is 12.6. The van der Waals surface area contributed by atoms with E-state index < -0.39 is 0 Å². The largest absolute Gasteiger partial charge is 0.494 e. The van der Waals surface area contributed by atoms with Gasteiger partial charge in [0.25, 0.3) is 5.91 Å². The average molecular weight is 312 g/mol. The number of ether oxygens (including phenoxy) is 3. The number of hydrazone groups is 1.